The van der Waals surface area contributed by atoms with Crippen LogP contribution in [0.2, 0.25) is 5.02 Å². The van der Waals surface area contributed by atoms with Gasteiger partial charge in [0.25, 0.3) is 0 Å². The fraction of sp³-hybridized carbons (Fsp3) is 0.300. The second-order valence-corrected chi connectivity index (χ2v) is 7.33. The Kier molecular flexibility index (Phi) is 5.99. The zero-order valence-electron chi connectivity index (χ0n) is 16.3. The van der Waals surface area contributed by atoms with Gasteiger partial charge in [0.2, 0.25) is 6.39 Å². The number of nitrogens with one attached hydrogen (secondary N) is 2. The summed E-state index contributed by atoms with van der Waals surface area (Å²) in [6, 6.07) is 10.8. The highest BCUT2D eigenvalue weighted by Crippen LogP contribution is 2.29. The molecule has 4 rings (SSSR count). The highest BCUT2D eigenvalue weighted by molar-refractivity contribution is 6.30. The number of amides is 2. The number of halogens is 1. The van der Waals surface area contributed by atoms with Crippen molar-refractivity contribution in [2.75, 3.05) is 30.4 Å². The standard InChI is InChI=1S/C20H21ClN6O3/c1-29-15-6-7-17(22-10-15)16-11-27(20-26-23-12-30-20)9-8-18(16)25-19(28)24-14-4-2-13(21)3-5-14/h2-7,10,12,16,18H,8-9,11H2,1H3,(H2,24,25,28). The van der Waals surface area contributed by atoms with Gasteiger partial charge in [-0.15, -0.1) is 5.10 Å². The molecule has 0 radical (unpaired) electrons. The Bertz CT molecular complexity index is 965. The minimum atomic E-state index is -0.285. The molecule has 1 aromatic carbocycles. The highest BCUT2D eigenvalue weighted by atomic mass is 35.5. The number of ether oxygens (including phenoxy) is 1. The van der Waals surface area contributed by atoms with E-state index in [0.29, 0.717) is 42.0 Å². The van der Waals surface area contributed by atoms with Crippen molar-refractivity contribution >= 4 is 29.3 Å². The second kappa shape index (κ2) is 9.00. The van der Waals surface area contributed by atoms with Crippen molar-refractivity contribution in [1.29, 1.82) is 0 Å². The number of aromatic nitrogens is 3. The fourth-order valence-electron chi connectivity index (χ4n) is 3.50. The van der Waals surface area contributed by atoms with Crippen LogP contribution < -0.4 is 20.3 Å². The number of methoxy groups -OCH3 is 1. The minimum Gasteiger partial charge on any atom is -0.495 e. The first kappa shape index (κ1) is 20.0. The van der Waals surface area contributed by atoms with Gasteiger partial charge in [0.15, 0.2) is 0 Å². The fourth-order valence-corrected chi connectivity index (χ4v) is 3.63. The van der Waals surface area contributed by atoms with Crippen molar-refractivity contribution < 1.29 is 13.9 Å². The molecule has 3 aromatic rings. The summed E-state index contributed by atoms with van der Waals surface area (Å²) in [5, 5.41) is 14.3. The van der Waals surface area contributed by atoms with Crippen molar-refractivity contribution in [3.8, 4) is 5.75 Å². The van der Waals surface area contributed by atoms with Gasteiger partial charge >= 0.3 is 12.0 Å². The zero-order valence-corrected chi connectivity index (χ0v) is 17.0. The van der Waals surface area contributed by atoms with Crippen molar-refractivity contribution in [1.82, 2.24) is 20.5 Å². The number of pyridine rings is 1. The molecule has 156 valence electrons. The predicted octanol–water partition coefficient (Wildman–Crippen LogP) is 3.31. The number of hydrogen-bond acceptors (Lipinski definition) is 7. The molecule has 1 fully saturated rings. The van der Waals surface area contributed by atoms with Crippen LogP contribution in [0, 0.1) is 0 Å². The Labute approximate surface area is 178 Å². The van der Waals surface area contributed by atoms with E-state index >= 15 is 0 Å². The minimum absolute atomic E-state index is 0.0764. The normalized spacial score (nSPS) is 18.7. The van der Waals surface area contributed by atoms with E-state index in [-0.39, 0.29) is 18.0 Å². The lowest BCUT2D eigenvalue weighted by atomic mass is 9.89. The quantitative estimate of drug-likeness (QED) is 0.642. The summed E-state index contributed by atoms with van der Waals surface area (Å²) >= 11 is 5.90. The molecular weight excluding hydrogens is 408 g/mol. The third-order valence-corrected chi connectivity index (χ3v) is 5.28. The number of urea groups is 1. The van der Waals surface area contributed by atoms with Crippen molar-refractivity contribution in [3.63, 3.8) is 0 Å². The summed E-state index contributed by atoms with van der Waals surface area (Å²) in [4.78, 5) is 19.1. The van der Waals surface area contributed by atoms with Crippen molar-refractivity contribution in [2.24, 2.45) is 0 Å². The van der Waals surface area contributed by atoms with Crippen LogP contribution >= 0.6 is 11.6 Å². The highest BCUT2D eigenvalue weighted by Gasteiger charge is 2.34. The number of nitrogens with zero attached hydrogens (tertiary/aromatic N) is 4. The first-order valence-electron chi connectivity index (χ1n) is 9.46. The molecule has 2 aromatic heterocycles. The topological polar surface area (TPSA) is 105 Å². The van der Waals surface area contributed by atoms with Crippen LogP contribution in [0.3, 0.4) is 0 Å². The van der Waals surface area contributed by atoms with Crippen LogP contribution in [0.5, 0.6) is 5.75 Å². The van der Waals surface area contributed by atoms with E-state index in [4.69, 9.17) is 20.8 Å². The maximum atomic E-state index is 12.6. The lowest BCUT2D eigenvalue weighted by molar-refractivity contribution is 0.242. The number of piperidine rings is 1. The first-order valence-corrected chi connectivity index (χ1v) is 9.84. The Morgan fingerprint density at radius 3 is 2.77 bits per heavy atom. The molecule has 2 N–H and O–H groups in total. The molecule has 2 atom stereocenters. The van der Waals surface area contributed by atoms with E-state index in [1.54, 1.807) is 37.6 Å². The molecule has 0 aliphatic carbocycles. The van der Waals surface area contributed by atoms with E-state index in [0.717, 1.165) is 5.69 Å². The number of carbonyl (C=O) groups excluding carboxylic acids is 1. The monoisotopic (exact) mass is 428 g/mol. The van der Waals surface area contributed by atoms with Gasteiger partial charge in [-0.3, -0.25) is 4.98 Å². The Hall–Kier alpha value is -3.33. The third kappa shape index (κ3) is 4.62. The summed E-state index contributed by atoms with van der Waals surface area (Å²) in [5.41, 5.74) is 1.51. The van der Waals surface area contributed by atoms with Gasteiger partial charge in [-0.25, -0.2) is 4.79 Å². The Balaban J connectivity index is 1.50. The molecule has 2 amide bonds. The van der Waals surface area contributed by atoms with Gasteiger partial charge in [0.1, 0.15) is 5.75 Å². The Morgan fingerprint density at radius 1 is 1.27 bits per heavy atom. The molecule has 0 spiro atoms. The van der Waals surface area contributed by atoms with Gasteiger partial charge in [0.05, 0.1) is 13.3 Å². The Morgan fingerprint density at radius 2 is 2.10 bits per heavy atom. The molecule has 9 nitrogen and oxygen atoms in total. The second-order valence-electron chi connectivity index (χ2n) is 6.90. The average molecular weight is 429 g/mol. The number of anilines is 2. The number of carbonyl (C=O) groups is 1. The zero-order chi connectivity index (χ0) is 20.9. The van der Waals surface area contributed by atoms with Crippen LogP contribution in [-0.4, -0.2) is 47.5 Å². The van der Waals surface area contributed by atoms with Gasteiger partial charge in [-0.2, -0.15) is 0 Å². The average Bonchev–Trinajstić information content (AvgIpc) is 3.31. The summed E-state index contributed by atoms with van der Waals surface area (Å²) in [6.45, 7) is 1.24. The summed E-state index contributed by atoms with van der Waals surface area (Å²) in [7, 11) is 1.60. The van der Waals surface area contributed by atoms with Gasteiger partial charge < -0.3 is 24.7 Å². The molecule has 1 aliphatic heterocycles. The van der Waals surface area contributed by atoms with Crippen LogP contribution in [0.25, 0.3) is 0 Å². The van der Waals surface area contributed by atoms with Gasteiger partial charge in [-0.05, 0) is 42.8 Å². The molecule has 1 aliphatic rings. The SMILES string of the molecule is COc1ccc(C2CN(c3nnco3)CCC2NC(=O)Nc2ccc(Cl)cc2)nc1. The maximum Gasteiger partial charge on any atom is 0.319 e. The number of rotatable bonds is 5. The first-order chi connectivity index (χ1) is 14.6. The smallest absolute Gasteiger partial charge is 0.319 e. The number of benzene rings is 1. The van der Waals surface area contributed by atoms with Gasteiger partial charge in [0, 0.05) is 41.5 Å². The van der Waals surface area contributed by atoms with Crippen LogP contribution in [0.1, 0.15) is 18.0 Å². The molecule has 0 saturated carbocycles. The van der Waals surface area contributed by atoms with E-state index in [1.165, 1.54) is 6.39 Å². The van der Waals surface area contributed by atoms with E-state index in [1.807, 2.05) is 17.0 Å². The summed E-state index contributed by atoms with van der Waals surface area (Å²) < 4.78 is 10.6. The molecule has 0 bridgehead atoms. The van der Waals surface area contributed by atoms with E-state index < -0.39 is 0 Å². The van der Waals surface area contributed by atoms with Crippen LogP contribution in [-0.2, 0) is 0 Å². The molecule has 1 saturated heterocycles. The molecule has 30 heavy (non-hydrogen) atoms. The molecular formula is C20H21ClN6O3. The van der Waals surface area contributed by atoms with Crippen molar-refractivity contribution in [3.05, 3.63) is 59.7 Å². The third-order valence-electron chi connectivity index (χ3n) is 5.03. The van der Waals surface area contributed by atoms with Crippen LogP contribution in [0.4, 0.5) is 16.5 Å². The molecule has 3 heterocycles. The number of hydrogen-bond donors (Lipinski definition) is 2. The molecule has 10 heteroatoms. The van der Waals surface area contributed by atoms with E-state index in [2.05, 4.69) is 25.8 Å². The lowest BCUT2D eigenvalue weighted by Gasteiger charge is -2.37. The summed E-state index contributed by atoms with van der Waals surface area (Å²) in [5.74, 6) is 0.598. The maximum absolute atomic E-state index is 12.6. The van der Waals surface area contributed by atoms with Crippen LogP contribution in [0.15, 0.2) is 53.4 Å². The lowest BCUT2D eigenvalue weighted by Crippen LogP contribution is -2.51. The summed E-state index contributed by atoms with van der Waals surface area (Å²) in [6.07, 6.45) is 3.67. The molecule has 2 unspecified atom stereocenters. The predicted molar refractivity (Wildman–Crippen MR) is 112 cm³/mol. The van der Waals surface area contributed by atoms with Crippen molar-refractivity contribution in [2.45, 2.75) is 18.4 Å². The largest absolute Gasteiger partial charge is 0.495 e. The van der Waals surface area contributed by atoms with Gasteiger partial charge in [-0.1, -0.05) is 16.7 Å². The van der Waals surface area contributed by atoms with E-state index in [9.17, 15) is 4.79 Å².